The minimum absolute atomic E-state index is 0.0884. The summed E-state index contributed by atoms with van der Waals surface area (Å²) in [4.78, 5) is 24.2. The maximum Gasteiger partial charge on any atom is 0.274 e. The lowest BCUT2D eigenvalue weighted by Gasteiger charge is -2.16. The average molecular weight is 264 g/mol. The molecule has 2 rings (SSSR count). The normalized spacial score (nSPS) is 26.4. The third-order valence-corrected chi connectivity index (χ3v) is 3.58. The lowest BCUT2D eigenvalue weighted by atomic mass is 10.0. The highest BCUT2D eigenvalue weighted by Gasteiger charge is 2.35. The van der Waals surface area contributed by atoms with Crippen molar-refractivity contribution >= 4 is 11.6 Å². The maximum absolute atomic E-state index is 12.2. The molecular formula is C14H20N2O3. The van der Waals surface area contributed by atoms with Crippen LogP contribution in [0.1, 0.15) is 25.8 Å². The number of carbonyl (C=O) groups is 1. The molecule has 1 aliphatic rings. The van der Waals surface area contributed by atoms with Crippen molar-refractivity contribution < 1.29 is 9.53 Å². The van der Waals surface area contributed by atoms with Crippen LogP contribution >= 0.6 is 0 Å². The van der Waals surface area contributed by atoms with E-state index in [0.29, 0.717) is 5.69 Å². The first-order valence-corrected chi connectivity index (χ1v) is 6.52. The van der Waals surface area contributed by atoms with Crippen molar-refractivity contribution in [3.05, 3.63) is 28.2 Å². The van der Waals surface area contributed by atoms with E-state index in [1.165, 1.54) is 4.57 Å². The van der Waals surface area contributed by atoms with E-state index in [1.807, 2.05) is 13.8 Å². The van der Waals surface area contributed by atoms with Gasteiger partial charge in [0.05, 0.1) is 6.10 Å². The minimum atomic E-state index is -0.473. The molecule has 0 aliphatic carbocycles. The van der Waals surface area contributed by atoms with Crippen molar-refractivity contribution in [2.24, 2.45) is 13.0 Å². The first kappa shape index (κ1) is 13.8. The van der Waals surface area contributed by atoms with E-state index in [0.717, 1.165) is 12.0 Å². The van der Waals surface area contributed by atoms with Crippen molar-refractivity contribution in [2.75, 3.05) is 5.32 Å². The van der Waals surface area contributed by atoms with Gasteiger partial charge in [-0.05, 0) is 37.8 Å². The van der Waals surface area contributed by atoms with Crippen molar-refractivity contribution in [3.8, 4) is 0 Å². The van der Waals surface area contributed by atoms with Crippen LogP contribution in [0.25, 0.3) is 0 Å². The van der Waals surface area contributed by atoms with Crippen LogP contribution in [0.4, 0.5) is 5.69 Å². The quantitative estimate of drug-likeness (QED) is 0.879. The van der Waals surface area contributed by atoms with E-state index in [-0.39, 0.29) is 23.5 Å². The number of anilines is 1. The summed E-state index contributed by atoms with van der Waals surface area (Å²) in [5.41, 5.74) is 0.896. The van der Waals surface area contributed by atoms with Gasteiger partial charge in [0, 0.05) is 13.2 Å². The van der Waals surface area contributed by atoms with Crippen LogP contribution in [-0.4, -0.2) is 22.7 Å². The van der Waals surface area contributed by atoms with Crippen LogP contribution in [0.2, 0.25) is 0 Å². The van der Waals surface area contributed by atoms with E-state index in [1.54, 1.807) is 26.2 Å². The summed E-state index contributed by atoms with van der Waals surface area (Å²) in [5.74, 6) is -0.0638. The van der Waals surface area contributed by atoms with Gasteiger partial charge in [-0.15, -0.1) is 0 Å². The van der Waals surface area contributed by atoms with Crippen molar-refractivity contribution in [1.29, 1.82) is 0 Å². The first-order chi connectivity index (χ1) is 8.90. The second-order valence-electron chi connectivity index (χ2n) is 5.36. The zero-order valence-electron chi connectivity index (χ0n) is 11.8. The van der Waals surface area contributed by atoms with Gasteiger partial charge in [-0.1, -0.05) is 6.92 Å². The molecule has 0 aromatic carbocycles. The molecule has 2 heterocycles. The number of ether oxygens (including phenoxy) is 1. The van der Waals surface area contributed by atoms with Crippen LogP contribution in [0.5, 0.6) is 0 Å². The Bertz CT molecular complexity index is 550. The number of nitrogens with one attached hydrogen (secondary N) is 1. The van der Waals surface area contributed by atoms with Crippen molar-refractivity contribution in [2.45, 2.75) is 39.4 Å². The van der Waals surface area contributed by atoms with Crippen molar-refractivity contribution in [3.63, 3.8) is 0 Å². The molecule has 5 nitrogen and oxygen atoms in total. The molecule has 0 saturated carbocycles. The number of hydrogen-bond donors (Lipinski definition) is 1. The lowest BCUT2D eigenvalue weighted by molar-refractivity contribution is -0.127. The molecular weight excluding hydrogens is 244 g/mol. The molecule has 0 spiro atoms. The summed E-state index contributed by atoms with van der Waals surface area (Å²) in [6.07, 6.45) is 2.17. The Labute approximate surface area is 112 Å². The molecule has 0 radical (unpaired) electrons. The topological polar surface area (TPSA) is 60.3 Å². The fourth-order valence-corrected chi connectivity index (χ4v) is 2.47. The van der Waals surface area contributed by atoms with Crippen molar-refractivity contribution in [1.82, 2.24) is 4.57 Å². The van der Waals surface area contributed by atoms with Gasteiger partial charge in [0.15, 0.2) is 0 Å². The average Bonchev–Trinajstić information content (AvgIpc) is 2.69. The van der Waals surface area contributed by atoms with Gasteiger partial charge in [-0.25, -0.2) is 0 Å². The number of aromatic nitrogens is 1. The Kier molecular flexibility index (Phi) is 3.75. The minimum Gasteiger partial charge on any atom is -0.365 e. The number of aryl methyl sites for hydroxylation is 2. The van der Waals surface area contributed by atoms with Gasteiger partial charge < -0.3 is 14.6 Å². The molecule has 1 aromatic rings. The van der Waals surface area contributed by atoms with Crippen LogP contribution < -0.4 is 10.9 Å². The van der Waals surface area contributed by atoms with E-state index in [4.69, 9.17) is 4.74 Å². The third-order valence-electron chi connectivity index (χ3n) is 3.58. The first-order valence-electron chi connectivity index (χ1n) is 6.52. The summed E-state index contributed by atoms with van der Waals surface area (Å²) in [6.45, 7) is 5.75. The summed E-state index contributed by atoms with van der Waals surface area (Å²) in [5, 5.41) is 2.71. The van der Waals surface area contributed by atoms with Gasteiger partial charge >= 0.3 is 0 Å². The van der Waals surface area contributed by atoms with Crippen LogP contribution in [0, 0.1) is 12.8 Å². The summed E-state index contributed by atoms with van der Waals surface area (Å²) >= 11 is 0. The molecule has 1 aromatic heterocycles. The predicted molar refractivity (Wildman–Crippen MR) is 73.2 cm³/mol. The Hall–Kier alpha value is -1.62. The number of amides is 1. The molecule has 1 amide bonds. The molecule has 1 fully saturated rings. The molecule has 1 saturated heterocycles. The van der Waals surface area contributed by atoms with Gasteiger partial charge in [0.2, 0.25) is 0 Å². The third kappa shape index (κ3) is 2.71. The number of carbonyl (C=O) groups excluding carboxylic acids is 1. The highest BCUT2D eigenvalue weighted by Crippen LogP contribution is 2.26. The molecule has 3 unspecified atom stereocenters. The highest BCUT2D eigenvalue weighted by atomic mass is 16.5. The van der Waals surface area contributed by atoms with E-state index >= 15 is 0 Å². The Balaban J connectivity index is 2.20. The number of nitrogens with zero attached hydrogens (tertiary/aromatic N) is 1. The van der Waals surface area contributed by atoms with Gasteiger partial charge in [-0.3, -0.25) is 9.59 Å². The van der Waals surface area contributed by atoms with E-state index in [9.17, 15) is 9.59 Å². The van der Waals surface area contributed by atoms with Crippen LogP contribution in [0.15, 0.2) is 17.1 Å². The highest BCUT2D eigenvalue weighted by molar-refractivity contribution is 5.95. The fraction of sp³-hybridized carbons (Fsp3) is 0.571. The van der Waals surface area contributed by atoms with Crippen LogP contribution in [-0.2, 0) is 16.6 Å². The second-order valence-corrected chi connectivity index (χ2v) is 5.36. The second kappa shape index (κ2) is 5.17. The molecule has 104 valence electrons. The summed E-state index contributed by atoms with van der Waals surface area (Å²) in [7, 11) is 1.66. The summed E-state index contributed by atoms with van der Waals surface area (Å²) in [6, 6.07) is 1.80. The molecule has 3 atom stereocenters. The predicted octanol–water partition coefficient (Wildman–Crippen LogP) is 1.45. The smallest absolute Gasteiger partial charge is 0.274 e. The van der Waals surface area contributed by atoms with Gasteiger partial charge in [-0.2, -0.15) is 0 Å². The number of hydrogen-bond acceptors (Lipinski definition) is 3. The Morgan fingerprint density at radius 1 is 1.47 bits per heavy atom. The molecule has 19 heavy (non-hydrogen) atoms. The molecule has 1 aliphatic heterocycles. The summed E-state index contributed by atoms with van der Waals surface area (Å²) < 4.78 is 7.05. The number of rotatable bonds is 2. The van der Waals surface area contributed by atoms with Gasteiger partial charge in [0.25, 0.3) is 11.5 Å². The SMILES string of the molecule is Cc1ccn(C)c(=O)c1NC(=O)C1OC(C)CC1C. The Morgan fingerprint density at radius 3 is 2.74 bits per heavy atom. The molecule has 5 heteroatoms. The zero-order chi connectivity index (χ0) is 14.2. The fourth-order valence-electron chi connectivity index (χ4n) is 2.47. The number of pyridine rings is 1. The van der Waals surface area contributed by atoms with E-state index in [2.05, 4.69) is 5.32 Å². The largest absolute Gasteiger partial charge is 0.365 e. The maximum atomic E-state index is 12.2. The zero-order valence-corrected chi connectivity index (χ0v) is 11.8. The van der Waals surface area contributed by atoms with E-state index < -0.39 is 6.10 Å². The molecule has 0 bridgehead atoms. The monoisotopic (exact) mass is 264 g/mol. The van der Waals surface area contributed by atoms with Gasteiger partial charge in [0.1, 0.15) is 11.8 Å². The standard InChI is InChI=1S/C14H20N2O3/c1-8-5-6-16(4)14(18)11(8)15-13(17)12-9(2)7-10(3)19-12/h5-6,9-10,12H,7H2,1-4H3,(H,15,17). The molecule has 1 N–H and O–H groups in total. The Morgan fingerprint density at radius 2 is 2.16 bits per heavy atom. The lowest BCUT2D eigenvalue weighted by Crippen LogP contribution is -2.34. The van der Waals surface area contributed by atoms with Crippen LogP contribution in [0.3, 0.4) is 0 Å².